The van der Waals surface area contributed by atoms with Crippen LogP contribution in [-0.2, 0) is 28.1 Å². The number of likely N-dealkylation sites (tertiary alicyclic amines) is 1. The molecule has 2 aliphatic heterocycles. The van der Waals surface area contributed by atoms with Crippen molar-refractivity contribution >= 4 is 11.9 Å². The lowest BCUT2D eigenvalue weighted by atomic mass is 9.83. The maximum Gasteiger partial charge on any atom is 0.244 e. The van der Waals surface area contributed by atoms with Crippen LogP contribution in [0.15, 0.2) is 6.20 Å². The van der Waals surface area contributed by atoms with Gasteiger partial charge in [0.2, 0.25) is 11.9 Å². The van der Waals surface area contributed by atoms with E-state index in [0.29, 0.717) is 31.5 Å². The Morgan fingerprint density at radius 2 is 2.00 bits per heavy atom. The van der Waals surface area contributed by atoms with Crippen LogP contribution in [0, 0.1) is 13.8 Å². The Bertz CT molecular complexity index is 884. The predicted octanol–water partition coefficient (Wildman–Crippen LogP) is 0.842. The monoisotopic (exact) mass is 385 g/mol. The summed E-state index contributed by atoms with van der Waals surface area (Å²) in [5.41, 5.74) is 1.73. The molecule has 1 saturated heterocycles. The van der Waals surface area contributed by atoms with Gasteiger partial charge >= 0.3 is 0 Å². The van der Waals surface area contributed by atoms with Crippen LogP contribution in [0.2, 0.25) is 0 Å². The minimum absolute atomic E-state index is 0.0653. The Labute approximate surface area is 164 Å². The molecule has 0 N–H and O–H groups in total. The maximum atomic E-state index is 12.8. The highest BCUT2D eigenvalue weighted by atomic mass is 16.5. The van der Waals surface area contributed by atoms with Gasteiger partial charge in [0, 0.05) is 33.4 Å². The fourth-order valence-electron chi connectivity index (χ4n) is 4.05. The van der Waals surface area contributed by atoms with Crippen LogP contribution in [0.1, 0.15) is 35.7 Å². The number of rotatable bonds is 3. The molecule has 4 heterocycles. The molecule has 2 aromatic rings. The average molecular weight is 385 g/mol. The summed E-state index contributed by atoms with van der Waals surface area (Å²) in [4.78, 5) is 30.1. The highest BCUT2D eigenvalue weighted by Gasteiger charge is 2.43. The van der Waals surface area contributed by atoms with E-state index in [1.165, 1.54) is 0 Å². The Balaban J connectivity index is 1.49. The van der Waals surface area contributed by atoms with Crippen molar-refractivity contribution in [2.24, 2.45) is 0 Å². The number of aromatic nitrogens is 5. The second-order valence-electron chi connectivity index (χ2n) is 7.78. The number of piperidine rings is 1. The molecule has 2 aliphatic rings. The number of ether oxygens (including phenoxy) is 1. The second-order valence-corrected chi connectivity index (χ2v) is 7.78. The number of hydrogen-bond acceptors (Lipinski definition) is 7. The zero-order valence-electron chi connectivity index (χ0n) is 17.0. The molecule has 28 heavy (non-hydrogen) atoms. The highest BCUT2D eigenvalue weighted by Crippen LogP contribution is 2.40. The summed E-state index contributed by atoms with van der Waals surface area (Å²) in [6.45, 7) is 5.89. The first-order valence-electron chi connectivity index (χ1n) is 9.71. The smallest absolute Gasteiger partial charge is 0.244 e. The SMILES string of the molecule is Cc1nc(C)n(CC(=O)N2CCC3(CC2)OCCc2cnc(N(C)C)nc23)n1. The third-order valence-corrected chi connectivity index (χ3v) is 5.60. The minimum Gasteiger partial charge on any atom is -0.368 e. The van der Waals surface area contributed by atoms with Gasteiger partial charge in [0.1, 0.15) is 23.8 Å². The summed E-state index contributed by atoms with van der Waals surface area (Å²) in [6.07, 6.45) is 4.24. The summed E-state index contributed by atoms with van der Waals surface area (Å²) in [5.74, 6) is 2.21. The number of fused-ring (bicyclic) bond motifs is 2. The van der Waals surface area contributed by atoms with E-state index in [1.54, 1.807) is 4.68 Å². The molecule has 0 unspecified atom stereocenters. The summed E-state index contributed by atoms with van der Waals surface area (Å²) < 4.78 is 7.93. The van der Waals surface area contributed by atoms with Gasteiger partial charge in [-0.05, 0) is 38.7 Å². The Morgan fingerprint density at radius 1 is 1.25 bits per heavy atom. The average Bonchev–Trinajstić information content (AvgIpc) is 2.99. The van der Waals surface area contributed by atoms with E-state index >= 15 is 0 Å². The van der Waals surface area contributed by atoms with Crippen molar-refractivity contribution in [2.45, 2.75) is 45.3 Å². The van der Waals surface area contributed by atoms with Crippen molar-refractivity contribution in [1.29, 1.82) is 0 Å². The second kappa shape index (κ2) is 7.12. The molecule has 4 rings (SSSR count). The number of amides is 1. The lowest BCUT2D eigenvalue weighted by Crippen LogP contribution is -2.49. The summed E-state index contributed by atoms with van der Waals surface area (Å²) >= 11 is 0. The standard InChI is InChI=1S/C19H27N7O2/c1-13-21-14(2)26(23-13)12-16(27)25-8-6-19(7-9-25)17-15(5-10-28-19)11-20-18(22-17)24(3)4/h11H,5-10,12H2,1-4H3. The zero-order valence-corrected chi connectivity index (χ0v) is 17.0. The fraction of sp³-hybridized carbons (Fsp3) is 0.632. The molecule has 0 aromatic carbocycles. The number of nitrogens with zero attached hydrogens (tertiary/aromatic N) is 7. The topological polar surface area (TPSA) is 89.3 Å². The van der Waals surface area contributed by atoms with Gasteiger partial charge in [-0.2, -0.15) is 5.10 Å². The summed E-state index contributed by atoms with van der Waals surface area (Å²) in [7, 11) is 3.88. The zero-order chi connectivity index (χ0) is 19.9. The van der Waals surface area contributed by atoms with E-state index < -0.39 is 5.60 Å². The maximum absolute atomic E-state index is 12.8. The minimum atomic E-state index is -0.419. The van der Waals surface area contributed by atoms with Gasteiger partial charge in [0.15, 0.2) is 0 Å². The van der Waals surface area contributed by atoms with Gasteiger partial charge in [0.05, 0.1) is 12.3 Å². The molecule has 2 aromatic heterocycles. The molecule has 9 nitrogen and oxygen atoms in total. The lowest BCUT2D eigenvalue weighted by Gasteiger charge is -2.44. The number of hydrogen-bond donors (Lipinski definition) is 0. The molecule has 0 atom stereocenters. The van der Waals surface area contributed by atoms with E-state index in [9.17, 15) is 4.79 Å². The van der Waals surface area contributed by atoms with Crippen molar-refractivity contribution in [3.63, 3.8) is 0 Å². The van der Waals surface area contributed by atoms with Crippen molar-refractivity contribution < 1.29 is 9.53 Å². The lowest BCUT2D eigenvalue weighted by molar-refractivity contribution is -0.142. The molecule has 0 saturated carbocycles. The van der Waals surface area contributed by atoms with E-state index in [-0.39, 0.29) is 12.5 Å². The Kier molecular flexibility index (Phi) is 4.78. The molecule has 1 fully saturated rings. The number of carbonyl (C=O) groups is 1. The van der Waals surface area contributed by atoms with Gasteiger partial charge in [-0.25, -0.2) is 19.6 Å². The molecule has 1 spiro atoms. The molecule has 0 radical (unpaired) electrons. The van der Waals surface area contributed by atoms with Gasteiger partial charge in [-0.1, -0.05) is 0 Å². The van der Waals surface area contributed by atoms with Crippen LogP contribution >= 0.6 is 0 Å². The van der Waals surface area contributed by atoms with E-state index in [2.05, 4.69) is 15.1 Å². The molecule has 9 heteroatoms. The Morgan fingerprint density at radius 3 is 2.64 bits per heavy atom. The van der Waals surface area contributed by atoms with Gasteiger partial charge in [0.25, 0.3) is 0 Å². The van der Waals surface area contributed by atoms with Crippen molar-refractivity contribution in [3.05, 3.63) is 29.1 Å². The van der Waals surface area contributed by atoms with Gasteiger partial charge in [-0.3, -0.25) is 4.79 Å². The van der Waals surface area contributed by atoms with Crippen LogP contribution in [0.3, 0.4) is 0 Å². The number of aryl methyl sites for hydroxylation is 2. The van der Waals surface area contributed by atoms with Crippen LogP contribution in [0.4, 0.5) is 5.95 Å². The molecule has 150 valence electrons. The summed E-state index contributed by atoms with van der Waals surface area (Å²) in [6, 6.07) is 0. The van der Waals surface area contributed by atoms with E-state index in [4.69, 9.17) is 9.72 Å². The third-order valence-electron chi connectivity index (χ3n) is 5.60. The normalized spacial score (nSPS) is 18.2. The quantitative estimate of drug-likeness (QED) is 0.773. The predicted molar refractivity (Wildman–Crippen MR) is 103 cm³/mol. The van der Waals surface area contributed by atoms with Crippen LogP contribution in [0.25, 0.3) is 0 Å². The van der Waals surface area contributed by atoms with Crippen LogP contribution < -0.4 is 4.90 Å². The van der Waals surface area contributed by atoms with E-state index in [0.717, 1.165) is 36.3 Å². The summed E-state index contributed by atoms with van der Waals surface area (Å²) in [5, 5.41) is 4.30. The van der Waals surface area contributed by atoms with Gasteiger partial charge in [-0.15, -0.1) is 0 Å². The first kappa shape index (κ1) is 18.8. The number of carbonyl (C=O) groups excluding carboxylic acids is 1. The van der Waals surface area contributed by atoms with Crippen molar-refractivity contribution in [1.82, 2.24) is 29.6 Å². The fourth-order valence-corrected chi connectivity index (χ4v) is 4.05. The first-order valence-corrected chi connectivity index (χ1v) is 9.71. The van der Waals surface area contributed by atoms with Gasteiger partial charge < -0.3 is 14.5 Å². The van der Waals surface area contributed by atoms with Crippen LogP contribution in [0.5, 0.6) is 0 Å². The number of anilines is 1. The molecule has 0 aliphatic carbocycles. The molecule has 0 bridgehead atoms. The highest BCUT2D eigenvalue weighted by molar-refractivity contribution is 5.76. The molecular weight excluding hydrogens is 358 g/mol. The Hall–Kier alpha value is -2.55. The molecular formula is C19H27N7O2. The first-order chi connectivity index (χ1) is 13.4. The van der Waals surface area contributed by atoms with Crippen molar-refractivity contribution in [3.8, 4) is 0 Å². The third kappa shape index (κ3) is 3.34. The van der Waals surface area contributed by atoms with E-state index in [1.807, 2.05) is 43.9 Å². The molecule has 1 amide bonds. The largest absolute Gasteiger partial charge is 0.368 e. The van der Waals surface area contributed by atoms with Crippen molar-refractivity contribution in [2.75, 3.05) is 38.7 Å². The van der Waals surface area contributed by atoms with Crippen LogP contribution in [-0.4, -0.2) is 69.3 Å².